The summed E-state index contributed by atoms with van der Waals surface area (Å²) in [5, 5.41) is 4.73. The number of hydrogen-bond donors (Lipinski definition) is 1. The highest BCUT2D eigenvalue weighted by Gasteiger charge is 2.17. The summed E-state index contributed by atoms with van der Waals surface area (Å²) < 4.78 is 0. The molecule has 1 unspecified atom stereocenters. The van der Waals surface area contributed by atoms with Crippen LogP contribution >= 0.6 is 0 Å². The second-order valence-corrected chi connectivity index (χ2v) is 4.65. The van der Waals surface area contributed by atoms with Crippen LogP contribution in [0.1, 0.15) is 6.92 Å². The Hall–Kier alpha value is -1.61. The Morgan fingerprint density at radius 2 is 2.18 bits per heavy atom. The molecular weight excluding hydrogens is 210 g/mol. The van der Waals surface area contributed by atoms with E-state index in [-0.39, 0.29) is 0 Å². The van der Waals surface area contributed by atoms with Crippen molar-refractivity contribution in [3.63, 3.8) is 0 Å². The molecule has 3 heteroatoms. The van der Waals surface area contributed by atoms with Gasteiger partial charge in [-0.05, 0) is 19.1 Å². The lowest BCUT2D eigenvalue weighted by atomic mass is 10.1. The van der Waals surface area contributed by atoms with Crippen LogP contribution in [0.3, 0.4) is 0 Å². The summed E-state index contributed by atoms with van der Waals surface area (Å²) in [6.07, 6.45) is 1.91. The second kappa shape index (κ2) is 4.34. The maximum atomic E-state index is 4.41. The summed E-state index contributed by atoms with van der Waals surface area (Å²) in [5.41, 5.74) is 2.39. The molecule has 17 heavy (non-hydrogen) atoms. The number of aromatic nitrogens is 1. The van der Waals surface area contributed by atoms with Crippen LogP contribution in [-0.2, 0) is 0 Å². The third-order valence-corrected chi connectivity index (χ3v) is 3.34. The van der Waals surface area contributed by atoms with Crippen molar-refractivity contribution in [1.29, 1.82) is 0 Å². The molecule has 1 fully saturated rings. The number of pyridine rings is 1. The van der Waals surface area contributed by atoms with E-state index in [4.69, 9.17) is 0 Å². The molecule has 1 saturated heterocycles. The summed E-state index contributed by atoms with van der Waals surface area (Å²) in [6, 6.07) is 11.0. The van der Waals surface area contributed by atoms with Crippen molar-refractivity contribution < 1.29 is 0 Å². The van der Waals surface area contributed by atoms with Gasteiger partial charge in [-0.25, -0.2) is 0 Å². The van der Waals surface area contributed by atoms with Crippen molar-refractivity contribution in [3.05, 3.63) is 36.5 Å². The Morgan fingerprint density at radius 3 is 3.06 bits per heavy atom. The summed E-state index contributed by atoms with van der Waals surface area (Å²) in [4.78, 5) is 6.86. The van der Waals surface area contributed by atoms with Gasteiger partial charge >= 0.3 is 0 Å². The predicted molar refractivity (Wildman–Crippen MR) is 71.4 cm³/mol. The van der Waals surface area contributed by atoms with Crippen LogP contribution in [0.25, 0.3) is 10.9 Å². The highest BCUT2D eigenvalue weighted by atomic mass is 15.2. The molecule has 1 aliphatic rings. The molecular formula is C14H17N3. The number of rotatable bonds is 1. The quantitative estimate of drug-likeness (QED) is 0.808. The largest absolute Gasteiger partial charge is 0.368 e. The number of anilines is 1. The number of nitrogens with zero attached hydrogens (tertiary/aromatic N) is 2. The van der Waals surface area contributed by atoms with Gasteiger partial charge in [-0.3, -0.25) is 4.98 Å². The van der Waals surface area contributed by atoms with Gasteiger partial charge in [-0.15, -0.1) is 0 Å². The first kappa shape index (κ1) is 10.5. The minimum absolute atomic E-state index is 0.552. The normalized spacial score (nSPS) is 20.8. The molecule has 0 aliphatic carbocycles. The van der Waals surface area contributed by atoms with Crippen LogP contribution in [0, 0.1) is 0 Å². The van der Waals surface area contributed by atoms with Crippen LogP contribution in [-0.4, -0.2) is 30.7 Å². The topological polar surface area (TPSA) is 28.2 Å². The van der Waals surface area contributed by atoms with E-state index in [0.29, 0.717) is 6.04 Å². The number of hydrogen-bond acceptors (Lipinski definition) is 3. The average Bonchev–Trinajstić information content (AvgIpc) is 2.38. The molecule has 1 aromatic carbocycles. The first-order chi connectivity index (χ1) is 8.34. The van der Waals surface area contributed by atoms with E-state index in [1.807, 2.05) is 12.3 Å². The standard InChI is InChI=1S/C14H17N3/c1-11-10-17(9-8-15-11)14-6-7-16-13-5-3-2-4-12(13)14/h2-7,11,15H,8-10H2,1H3. The first-order valence-corrected chi connectivity index (χ1v) is 6.17. The SMILES string of the molecule is CC1CN(c2ccnc3ccccc23)CCN1. The van der Waals surface area contributed by atoms with E-state index in [0.717, 1.165) is 25.2 Å². The molecule has 0 spiro atoms. The van der Waals surface area contributed by atoms with Gasteiger partial charge in [0.15, 0.2) is 0 Å². The zero-order valence-electron chi connectivity index (χ0n) is 10.1. The molecule has 1 aromatic heterocycles. The van der Waals surface area contributed by atoms with E-state index < -0.39 is 0 Å². The van der Waals surface area contributed by atoms with Gasteiger partial charge in [0, 0.05) is 42.9 Å². The lowest BCUT2D eigenvalue weighted by Gasteiger charge is -2.34. The van der Waals surface area contributed by atoms with Crippen LogP contribution < -0.4 is 10.2 Å². The average molecular weight is 227 g/mol. The Bertz CT molecular complexity index is 518. The molecule has 0 bridgehead atoms. The fraction of sp³-hybridized carbons (Fsp3) is 0.357. The Kier molecular flexibility index (Phi) is 2.69. The fourth-order valence-electron chi connectivity index (χ4n) is 2.51. The van der Waals surface area contributed by atoms with E-state index in [9.17, 15) is 0 Å². The van der Waals surface area contributed by atoms with E-state index in [1.54, 1.807) is 0 Å². The summed E-state index contributed by atoms with van der Waals surface area (Å²) in [5.74, 6) is 0. The zero-order chi connectivity index (χ0) is 11.7. The van der Waals surface area contributed by atoms with Crippen LogP contribution in [0.15, 0.2) is 36.5 Å². The fourth-order valence-corrected chi connectivity index (χ4v) is 2.51. The minimum atomic E-state index is 0.552. The minimum Gasteiger partial charge on any atom is -0.368 e. The van der Waals surface area contributed by atoms with E-state index in [1.165, 1.54) is 11.1 Å². The van der Waals surface area contributed by atoms with Gasteiger partial charge in [0.2, 0.25) is 0 Å². The molecule has 88 valence electrons. The Morgan fingerprint density at radius 1 is 1.29 bits per heavy atom. The summed E-state index contributed by atoms with van der Waals surface area (Å²) >= 11 is 0. The third kappa shape index (κ3) is 1.98. The maximum absolute atomic E-state index is 4.41. The number of para-hydroxylation sites is 1. The van der Waals surface area contributed by atoms with Gasteiger partial charge in [0.25, 0.3) is 0 Å². The predicted octanol–water partition coefficient (Wildman–Crippen LogP) is 2.03. The number of fused-ring (bicyclic) bond motifs is 1. The first-order valence-electron chi connectivity index (χ1n) is 6.17. The van der Waals surface area contributed by atoms with Crippen LogP contribution in [0.2, 0.25) is 0 Å². The third-order valence-electron chi connectivity index (χ3n) is 3.34. The van der Waals surface area contributed by atoms with Gasteiger partial charge in [0.1, 0.15) is 0 Å². The van der Waals surface area contributed by atoms with Crippen molar-refractivity contribution in [3.8, 4) is 0 Å². The molecule has 2 heterocycles. The lowest BCUT2D eigenvalue weighted by molar-refractivity contribution is 0.485. The smallest absolute Gasteiger partial charge is 0.0722 e. The highest BCUT2D eigenvalue weighted by molar-refractivity contribution is 5.91. The number of benzene rings is 1. The molecule has 3 nitrogen and oxygen atoms in total. The van der Waals surface area contributed by atoms with Crippen molar-refractivity contribution in [2.45, 2.75) is 13.0 Å². The van der Waals surface area contributed by atoms with Crippen molar-refractivity contribution >= 4 is 16.6 Å². The van der Waals surface area contributed by atoms with Gasteiger partial charge in [-0.1, -0.05) is 18.2 Å². The Labute approximate surface area is 101 Å². The van der Waals surface area contributed by atoms with E-state index in [2.05, 4.69) is 46.4 Å². The molecule has 2 aromatic rings. The van der Waals surface area contributed by atoms with Gasteiger partial charge in [0.05, 0.1) is 5.52 Å². The summed E-state index contributed by atoms with van der Waals surface area (Å²) in [7, 11) is 0. The Balaban J connectivity index is 2.04. The molecule has 0 amide bonds. The summed E-state index contributed by atoms with van der Waals surface area (Å²) in [6.45, 7) is 5.42. The van der Waals surface area contributed by atoms with Crippen LogP contribution in [0.5, 0.6) is 0 Å². The molecule has 3 rings (SSSR count). The van der Waals surface area contributed by atoms with E-state index >= 15 is 0 Å². The highest BCUT2D eigenvalue weighted by Crippen LogP contribution is 2.25. The zero-order valence-corrected chi connectivity index (χ0v) is 10.1. The van der Waals surface area contributed by atoms with Crippen molar-refractivity contribution in [1.82, 2.24) is 10.3 Å². The van der Waals surface area contributed by atoms with Crippen LogP contribution in [0.4, 0.5) is 5.69 Å². The van der Waals surface area contributed by atoms with Crippen molar-refractivity contribution in [2.75, 3.05) is 24.5 Å². The maximum Gasteiger partial charge on any atom is 0.0722 e. The number of piperazine rings is 1. The van der Waals surface area contributed by atoms with Crippen molar-refractivity contribution in [2.24, 2.45) is 0 Å². The number of nitrogens with one attached hydrogen (secondary N) is 1. The molecule has 1 aliphatic heterocycles. The second-order valence-electron chi connectivity index (χ2n) is 4.65. The molecule has 1 atom stereocenters. The monoisotopic (exact) mass is 227 g/mol. The van der Waals surface area contributed by atoms with Gasteiger partial charge < -0.3 is 10.2 Å². The molecule has 0 saturated carbocycles. The molecule has 0 radical (unpaired) electrons. The van der Waals surface area contributed by atoms with Gasteiger partial charge in [-0.2, -0.15) is 0 Å². The molecule has 1 N–H and O–H groups in total. The lowest BCUT2D eigenvalue weighted by Crippen LogP contribution is -2.49.